The molecule has 6 nitrogen and oxygen atoms in total. The van der Waals surface area contributed by atoms with Gasteiger partial charge in [-0.25, -0.2) is 4.79 Å². The third kappa shape index (κ3) is 2.71. The molecule has 1 fully saturated rings. The average molecular weight is 331 g/mol. The van der Waals surface area contributed by atoms with Crippen molar-refractivity contribution in [3.8, 4) is 11.5 Å². The van der Waals surface area contributed by atoms with Gasteiger partial charge in [-0.3, -0.25) is 4.84 Å². The summed E-state index contributed by atoms with van der Waals surface area (Å²) >= 11 is 0. The van der Waals surface area contributed by atoms with E-state index in [4.69, 9.17) is 19.0 Å². The molecule has 1 aromatic rings. The van der Waals surface area contributed by atoms with Gasteiger partial charge >= 0.3 is 6.09 Å². The minimum atomic E-state index is -0.556. The van der Waals surface area contributed by atoms with E-state index in [0.717, 1.165) is 35.5 Å². The monoisotopic (exact) mass is 331 g/mol. The number of hydrogen-bond donors (Lipinski definition) is 0. The zero-order valence-electron chi connectivity index (χ0n) is 14.1. The van der Waals surface area contributed by atoms with Crippen LogP contribution in [0.4, 0.5) is 4.79 Å². The Morgan fingerprint density at radius 2 is 2.00 bits per heavy atom. The molecule has 1 saturated heterocycles. The number of benzene rings is 1. The van der Waals surface area contributed by atoms with Crippen molar-refractivity contribution in [2.24, 2.45) is 0 Å². The van der Waals surface area contributed by atoms with Crippen LogP contribution in [0.3, 0.4) is 0 Å². The fourth-order valence-corrected chi connectivity index (χ4v) is 3.26. The second-order valence-electron chi connectivity index (χ2n) is 7.23. The first kappa shape index (κ1) is 15.3. The fraction of sp³-hybridized carbons (Fsp3) is 0.500. The number of ether oxygens (including phenoxy) is 3. The Bertz CT molecular complexity index is 706. The zero-order chi connectivity index (χ0) is 16.9. The Labute approximate surface area is 140 Å². The first-order valence-electron chi connectivity index (χ1n) is 8.21. The minimum absolute atomic E-state index is 0.108. The lowest BCUT2D eigenvalue weighted by Crippen LogP contribution is -2.51. The van der Waals surface area contributed by atoms with Crippen LogP contribution in [0.15, 0.2) is 24.3 Å². The van der Waals surface area contributed by atoms with Gasteiger partial charge in [0.2, 0.25) is 6.79 Å². The number of rotatable bonds is 1. The molecule has 6 heteroatoms. The molecule has 0 N–H and O–H groups in total. The van der Waals surface area contributed by atoms with Crippen LogP contribution in [0.5, 0.6) is 11.5 Å². The SMILES string of the molecule is CC(C)(C)OC(=O)N1O[C@@H]2C=C(c3ccc4c(c3)OCO4)[C@H]1CC2. The van der Waals surface area contributed by atoms with E-state index in [0.29, 0.717) is 0 Å². The highest BCUT2D eigenvalue weighted by Gasteiger charge is 2.41. The topological polar surface area (TPSA) is 57.2 Å². The summed E-state index contributed by atoms with van der Waals surface area (Å²) in [6.07, 6.45) is 3.29. The van der Waals surface area contributed by atoms with Crippen LogP contribution >= 0.6 is 0 Å². The van der Waals surface area contributed by atoms with Crippen molar-refractivity contribution in [2.75, 3.05) is 6.79 Å². The second-order valence-corrected chi connectivity index (χ2v) is 7.23. The lowest BCUT2D eigenvalue weighted by atomic mass is 9.86. The van der Waals surface area contributed by atoms with E-state index in [1.807, 2.05) is 39.0 Å². The van der Waals surface area contributed by atoms with Gasteiger partial charge in [-0.2, -0.15) is 5.06 Å². The molecular formula is C18H21NO5. The van der Waals surface area contributed by atoms with Gasteiger partial charge in [0.1, 0.15) is 11.7 Å². The molecule has 2 atom stereocenters. The first-order valence-corrected chi connectivity index (χ1v) is 8.21. The van der Waals surface area contributed by atoms with Crippen molar-refractivity contribution in [1.29, 1.82) is 0 Å². The average Bonchev–Trinajstić information content (AvgIpc) is 3.01. The van der Waals surface area contributed by atoms with Crippen molar-refractivity contribution in [1.82, 2.24) is 5.06 Å². The predicted octanol–water partition coefficient (Wildman–Crippen LogP) is 3.51. The zero-order valence-corrected chi connectivity index (χ0v) is 14.1. The normalized spacial score (nSPS) is 24.8. The van der Waals surface area contributed by atoms with Gasteiger partial charge in [0.15, 0.2) is 11.5 Å². The molecule has 0 spiro atoms. The van der Waals surface area contributed by atoms with Gasteiger partial charge in [0.25, 0.3) is 0 Å². The van der Waals surface area contributed by atoms with Gasteiger partial charge < -0.3 is 14.2 Å². The third-order valence-electron chi connectivity index (χ3n) is 4.26. The van der Waals surface area contributed by atoms with Crippen LogP contribution in [0.1, 0.15) is 39.2 Å². The predicted molar refractivity (Wildman–Crippen MR) is 86.5 cm³/mol. The summed E-state index contributed by atoms with van der Waals surface area (Å²) in [6.45, 7) is 5.79. The third-order valence-corrected chi connectivity index (χ3v) is 4.26. The van der Waals surface area contributed by atoms with E-state index < -0.39 is 11.7 Å². The van der Waals surface area contributed by atoms with E-state index in [1.165, 1.54) is 5.06 Å². The number of nitrogens with zero attached hydrogens (tertiary/aromatic N) is 1. The molecule has 3 aliphatic heterocycles. The molecule has 0 saturated carbocycles. The van der Waals surface area contributed by atoms with Crippen molar-refractivity contribution < 1.29 is 23.8 Å². The lowest BCUT2D eigenvalue weighted by Gasteiger charge is -2.43. The quantitative estimate of drug-likeness (QED) is 0.788. The second kappa shape index (κ2) is 5.41. The van der Waals surface area contributed by atoms with E-state index in [2.05, 4.69) is 6.08 Å². The molecule has 3 heterocycles. The van der Waals surface area contributed by atoms with E-state index in [9.17, 15) is 4.79 Å². The van der Waals surface area contributed by atoms with Crippen molar-refractivity contribution in [2.45, 2.75) is 51.4 Å². The molecule has 1 amide bonds. The van der Waals surface area contributed by atoms with Crippen LogP contribution in [0.2, 0.25) is 0 Å². The molecule has 1 aliphatic carbocycles. The highest BCUT2D eigenvalue weighted by atomic mass is 16.7. The Hall–Kier alpha value is -2.21. The highest BCUT2D eigenvalue weighted by Crippen LogP contribution is 2.41. The van der Waals surface area contributed by atoms with Crippen molar-refractivity contribution in [3.63, 3.8) is 0 Å². The van der Waals surface area contributed by atoms with Crippen molar-refractivity contribution >= 4 is 11.7 Å². The molecular weight excluding hydrogens is 310 g/mol. The molecule has 128 valence electrons. The van der Waals surface area contributed by atoms with Crippen molar-refractivity contribution in [3.05, 3.63) is 29.8 Å². The summed E-state index contributed by atoms with van der Waals surface area (Å²) in [6, 6.07) is 5.71. The van der Waals surface area contributed by atoms with E-state index in [-0.39, 0.29) is 18.9 Å². The van der Waals surface area contributed by atoms with Gasteiger partial charge in [-0.1, -0.05) is 6.07 Å². The van der Waals surface area contributed by atoms with Crippen LogP contribution in [0, 0.1) is 0 Å². The summed E-state index contributed by atoms with van der Waals surface area (Å²) in [4.78, 5) is 18.2. The Kier molecular flexibility index (Phi) is 3.46. The van der Waals surface area contributed by atoms with Gasteiger partial charge in [-0.15, -0.1) is 0 Å². The molecule has 1 aromatic carbocycles. The highest BCUT2D eigenvalue weighted by molar-refractivity contribution is 5.78. The van der Waals surface area contributed by atoms with Gasteiger partial charge in [0, 0.05) is 0 Å². The number of carbonyl (C=O) groups is 1. The molecule has 5 rings (SSSR count). The van der Waals surface area contributed by atoms with E-state index in [1.54, 1.807) is 0 Å². The minimum Gasteiger partial charge on any atom is -0.454 e. The smallest absolute Gasteiger partial charge is 0.435 e. The molecule has 24 heavy (non-hydrogen) atoms. The number of carbonyl (C=O) groups excluding carboxylic acids is 1. The number of hydrogen-bond acceptors (Lipinski definition) is 5. The number of amides is 1. The number of hydroxylamine groups is 2. The van der Waals surface area contributed by atoms with Crippen LogP contribution in [-0.2, 0) is 9.57 Å². The van der Waals surface area contributed by atoms with Gasteiger partial charge in [-0.05, 0) is 63.0 Å². The Balaban J connectivity index is 1.61. The molecule has 0 aromatic heterocycles. The summed E-state index contributed by atoms with van der Waals surface area (Å²) < 4.78 is 16.3. The maximum atomic E-state index is 12.5. The summed E-state index contributed by atoms with van der Waals surface area (Å²) in [5.41, 5.74) is 1.53. The Morgan fingerprint density at radius 1 is 1.21 bits per heavy atom. The molecule has 2 bridgehead atoms. The maximum absolute atomic E-state index is 12.5. The fourth-order valence-electron chi connectivity index (χ4n) is 3.26. The van der Waals surface area contributed by atoms with Crippen LogP contribution in [0.25, 0.3) is 5.57 Å². The summed E-state index contributed by atoms with van der Waals surface area (Å²) in [5, 5.41) is 1.39. The molecule has 4 aliphatic rings. The summed E-state index contributed by atoms with van der Waals surface area (Å²) in [7, 11) is 0. The lowest BCUT2D eigenvalue weighted by molar-refractivity contribution is -0.210. The summed E-state index contributed by atoms with van der Waals surface area (Å²) in [5.74, 6) is 1.49. The van der Waals surface area contributed by atoms with E-state index >= 15 is 0 Å². The number of fused-ring (bicyclic) bond motifs is 3. The first-order chi connectivity index (χ1) is 11.4. The maximum Gasteiger partial charge on any atom is 0.435 e. The molecule has 0 radical (unpaired) electrons. The van der Waals surface area contributed by atoms with Crippen LogP contribution in [-0.4, -0.2) is 35.7 Å². The molecule has 0 unspecified atom stereocenters. The largest absolute Gasteiger partial charge is 0.454 e. The Morgan fingerprint density at radius 3 is 2.75 bits per heavy atom. The standard InChI is InChI=1S/C18H21NO5/c1-18(2,3)23-17(20)19-14-6-5-12(24-19)9-13(14)11-4-7-15-16(8-11)22-10-21-15/h4,7-9,12,14H,5-6,10H2,1-3H3/t12-,14+/m0/s1. The van der Waals surface area contributed by atoms with Crippen LogP contribution < -0.4 is 9.47 Å². The van der Waals surface area contributed by atoms with Gasteiger partial charge in [0.05, 0.1) is 6.04 Å².